The SMILES string of the molecule is [O-][n+]1ccc2ccncc2n1. The smallest absolute Gasteiger partial charge is 0.210 e. The van der Waals surface area contributed by atoms with E-state index in [4.69, 9.17) is 0 Å². The van der Waals surface area contributed by atoms with Gasteiger partial charge in [-0.1, -0.05) is 4.85 Å². The maximum absolute atomic E-state index is 10.7. The summed E-state index contributed by atoms with van der Waals surface area (Å²) in [7, 11) is 0. The van der Waals surface area contributed by atoms with Gasteiger partial charge in [-0.15, -0.1) is 0 Å². The monoisotopic (exact) mass is 147 g/mol. The van der Waals surface area contributed by atoms with E-state index in [-0.39, 0.29) is 0 Å². The first-order chi connectivity index (χ1) is 5.36. The molecule has 54 valence electrons. The molecule has 0 unspecified atom stereocenters. The molecule has 2 heterocycles. The first-order valence-corrected chi connectivity index (χ1v) is 3.16. The van der Waals surface area contributed by atoms with Crippen LogP contribution in [0.25, 0.3) is 10.9 Å². The molecule has 0 aliphatic heterocycles. The molecule has 4 nitrogen and oxygen atoms in total. The maximum atomic E-state index is 10.7. The van der Waals surface area contributed by atoms with Crippen LogP contribution in [0.15, 0.2) is 30.7 Å². The lowest BCUT2D eigenvalue weighted by molar-refractivity contribution is -0.666. The Morgan fingerprint density at radius 3 is 3.18 bits per heavy atom. The highest BCUT2D eigenvalue weighted by Gasteiger charge is 1.96. The van der Waals surface area contributed by atoms with Crippen molar-refractivity contribution in [3.05, 3.63) is 35.9 Å². The van der Waals surface area contributed by atoms with Crippen LogP contribution in [0.2, 0.25) is 0 Å². The van der Waals surface area contributed by atoms with Gasteiger partial charge in [0.1, 0.15) is 0 Å². The Morgan fingerprint density at radius 1 is 1.36 bits per heavy atom. The van der Waals surface area contributed by atoms with Gasteiger partial charge in [-0.25, -0.2) is 0 Å². The fraction of sp³-hybridized carbons (Fsp3) is 0. The Balaban J connectivity index is 2.83. The molecule has 2 rings (SSSR count). The molecule has 4 heteroatoms. The van der Waals surface area contributed by atoms with Crippen LogP contribution in [0.4, 0.5) is 0 Å². The van der Waals surface area contributed by atoms with Crippen molar-refractivity contribution < 1.29 is 4.85 Å². The summed E-state index contributed by atoms with van der Waals surface area (Å²) in [5.74, 6) is 0. The van der Waals surface area contributed by atoms with Crippen molar-refractivity contribution in [1.29, 1.82) is 0 Å². The molecular formula is C7H5N3O. The van der Waals surface area contributed by atoms with Crippen LogP contribution in [-0.2, 0) is 0 Å². The number of rotatable bonds is 0. The summed E-state index contributed by atoms with van der Waals surface area (Å²) < 4.78 is 0. The number of hydrogen-bond donors (Lipinski definition) is 0. The molecule has 0 N–H and O–H groups in total. The zero-order valence-corrected chi connectivity index (χ0v) is 5.64. The van der Waals surface area contributed by atoms with Crippen LogP contribution in [0.5, 0.6) is 0 Å². The van der Waals surface area contributed by atoms with E-state index < -0.39 is 0 Å². The number of aromatic nitrogens is 3. The zero-order chi connectivity index (χ0) is 7.68. The standard InChI is InChI=1S/C7H5N3O/c11-10-4-2-6-1-3-8-5-7(6)9-10/h1-5H. The Bertz CT molecular complexity index is 388. The van der Waals surface area contributed by atoms with Gasteiger partial charge in [0.2, 0.25) is 6.20 Å². The molecular weight excluding hydrogens is 142 g/mol. The summed E-state index contributed by atoms with van der Waals surface area (Å²) in [6.07, 6.45) is 4.59. The van der Waals surface area contributed by atoms with Crippen LogP contribution < -0.4 is 4.85 Å². The molecule has 0 aliphatic carbocycles. The Hall–Kier alpha value is -1.71. The fourth-order valence-corrected chi connectivity index (χ4v) is 0.905. The van der Waals surface area contributed by atoms with E-state index in [0.29, 0.717) is 10.4 Å². The predicted molar refractivity (Wildman–Crippen MR) is 38.5 cm³/mol. The van der Waals surface area contributed by atoms with Crippen molar-refractivity contribution in [2.24, 2.45) is 0 Å². The highest BCUT2D eigenvalue weighted by molar-refractivity contribution is 5.75. The average molecular weight is 147 g/mol. The summed E-state index contributed by atoms with van der Waals surface area (Å²) in [5, 5.41) is 15.3. The first kappa shape index (κ1) is 6.03. The lowest BCUT2D eigenvalue weighted by Crippen LogP contribution is -2.29. The summed E-state index contributed by atoms with van der Waals surface area (Å²) >= 11 is 0. The maximum Gasteiger partial charge on any atom is 0.210 e. The van der Waals surface area contributed by atoms with Crippen LogP contribution in [0, 0.1) is 5.21 Å². The lowest BCUT2D eigenvalue weighted by atomic mass is 10.3. The summed E-state index contributed by atoms with van der Waals surface area (Å²) in [5.41, 5.74) is 0.616. The van der Waals surface area contributed by atoms with E-state index >= 15 is 0 Å². The third-order valence-corrected chi connectivity index (χ3v) is 1.42. The Kier molecular flexibility index (Phi) is 1.18. The quantitative estimate of drug-likeness (QED) is 0.397. The molecule has 0 bridgehead atoms. The van der Waals surface area contributed by atoms with Crippen molar-refractivity contribution in [2.45, 2.75) is 0 Å². The van der Waals surface area contributed by atoms with Crippen LogP contribution >= 0.6 is 0 Å². The summed E-state index contributed by atoms with van der Waals surface area (Å²) in [6.45, 7) is 0. The minimum Gasteiger partial charge on any atom is -0.594 e. The normalized spacial score (nSPS) is 10.2. The second-order valence-corrected chi connectivity index (χ2v) is 2.15. The lowest BCUT2D eigenvalue weighted by Gasteiger charge is -1.93. The first-order valence-electron chi connectivity index (χ1n) is 3.16. The van der Waals surface area contributed by atoms with Crippen molar-refractivity contribution in [3.8, 4) is 0 Å². The van der Waals surface area contributed by atoms with Gasteiger partial charge in [0.15, 0.2) is 5.52 Å². The highest BCUT2D eigenvalue weighted by Crippen LogP contribution is 2.04. The molecule has 0 fully saturated rings. The predicted octanol–water partition coefficient (Wildman–Crippen LogP) is 0.263. The van der Waals surface area contributed by atoms with Crippen LogP contribution in [0.3, 0.4) is 0 Å². The van der Waals surface area contributed by atoms with E-state index in [2.05, 4.69) is 10.1 Å². The number of pyridine rings is 1. The molecule has 0 spiro atoms. The minimum atomic E-state index is 0.518. The van der Waals surface area contributed by atoms with Gasteiger partial charge in [-0.3, -0.25) is 4.98 Å². The zero-order valence-electron chi connectivity index (χ0n) is 5.64. The van der Waals surface area contributed by atoms with Crippen LogP contribution in [0.1, 0.15) is 0 Å². The highest BCUT2D eigenvalue weighted by atomic mass is 16.5. The van der Waals surface area contributed by atoms with E-state index in [9.17, 15) is 5.21 Å². The second-order valence-electron chi connectivity index (χ2n) is 2.15. The van der Waals surface area contributed by atoms with Gasteiger partial charge >= 0.3 is 0 Å². The number of nitrogens with zero attached hydrogens (tertiary/aromatic N) is 3. The van der Waals surface area contributed by atoms with Gasteiger partial charge in [0.05, 0.1) is 6.20 Å². The fourth-order valence-electron chi connectivity index (χ4n) is 0.905. The van der Waals surface area contributed by atoms with E-state index in [1.54, 1.807) is 18.5 Å². The molecule has 0 aliphatic rings. The van der Waals surface area contributed by atoms with Gasteiger partial charge in [-0.2, -0.15) is 0 Å². The molecule has 0 amide bonds. The molecule has 0 aromatic carbocycles. The van der Waals surface area contributed by atoms with Gasteiger partial charge in [0.25, 0.3) is 0 Å². The third kappa shape index (κ3) is 0.980. The van der Waals surface area contributed by atoms with Crippen LogP contribution in [-0.4, -0.2) is 10.1 Å². The number of hydrogen-bond acceptors (Lipinski definition) is 3. The van der Waals surface area contributed by atoms with E-state index in [1.807, 2.05) is 6.07 Å². The summed E-state index contributed by atoms with van der Waals surface area (Å²) in [4.78, 5) is 4.36. The third-order valence-electron chi connectivity index (χ3n) is 1.42. The minimum absolute atomic E-state index is 0.518. The van der Waals surface area contributed by atoms with Crippen molar-refractivity contribution in [2.75, 3.05) is 0 Å². The molecule has 0 atom stereocenters. The van der Waals surface area contributed by atoms with E-state index in [1.165, 1.54) is 6.20 Å². The topological polar surface area (TPSA) is 52.7 Å². The molecule has 2 aromatic heterocycles. The molecule has 11 heavy (non-hydrogen) atoms. The van der Waals surface area contributed by atoms with E-state index in [0.717, 1.165) is 5.39 Å². The van der Waals surface area contributed by atoms with Crippen molar-refractivity contribution in [1.82, 2.24) is 10.1 Å². The number of fused-ring (bicyclic) bond motifs is 1. The Morgan fingerprint density at radius 2 is 2.27 bits per heavy atom. The average Bonchev–Trinajstić information content (AvgIpc) is 2.04. The van der Waals surface area contributed by atoms with Crippen molar-refractivity contribution >= 4 is 10.9 Å². The Labute approximate surface area is 62.7 Å². The van der Waals surface area contributed by atoms with Gasteiger partial charge in [-0.05, 0) is 6.07 Å². The van der Waals surface area contributed by atoms with Gasteiger partial charge in [0, 0.05) is 22.7 Å². The molecule has 0 saturated carbocycles. The summed E-state index contributed by atoms with van der Waals surface area (Å²) in [6, 6.07) is 3.51. The van der Waals surface area contributed by atoms with Gasteiger partial charge < -0.3 is 5.21 Å². The second kappa shape index (κ2) is 2.16. The molecule has 0 radical (unpaired) electrons. The molecule has 0 saturated heterocycles. The largest absolute Gasteiger partial charge is 0.594 e. The van der Waals surface area contributed by atoms with Crippen molar-refractivity contribution in [3.63, 3.8) is 0 Å². The molecule has 2 aromatic rings.